The second kappa shape index (κ2) is 8.49. The number of hydrogen-bond donors (Lipinski definition) is 1. The van der Waals surface area contributed by atoms with Gasteiger partial charge in [-0.1, -0.05) is 78.0 Å². The Kier molecular flexibility index (Phi) is 6.68. The lowest BCUT2D eigenvalue weighted by molar-refractivity contribution is 0.0948. The van der Waals surface area contributed by atoms with Crippen LogP contribution in [0.1, 0.15) is 63.3 Å². The van der Waals surface area contributed by atoms with Crippen LogP contribution >= 0.6 is 0 Å². The van der Waals surface area contributed by atoms with Crippen LogP contribution in [-0.4, -0.2) is 29.8 Å². The molecule has 0 aliphatic rings. The fourth-order valence-electron chi connectivity index (χ4n) is 2.57. The Morgan fingerprint density at radius 1 is 1.10 bits per heavy atom. The van der Waals surface area contributed by atoms with Crippen molar-refractivity contribution in [1.82, 2.24) is 14.9 Å². The highest BCUT2D eigenvalue weighted by Crippen LogP contribution is 2.38. The molecule has 5 nitrogen and oxygen atoms in total. The van der Waals surface area contributed by atoms with Crippen LogP contribution < -0.4 is 5.43 Å². The van der Waals surface area contributed by atoms with E-state index in [0.717, 1.165) is 11.3 Å². The van der Waals surface area contributed by atoms with E-state index in [0.29, 0.717) is 5.69 Å². The normalized spacial score (nSPS) is 13.4. The molecule has 29 heavy (non-hydrogen) atoms. The van der Waals surface area contributed by atoms with Crippen LogP contribution in [0, 0.1) is 0 Å². The molecule has 6 heteroatoms. The first kappa shape index (κ1) is 22.8. The monoisotopic (exact) mass is 410 g/mol. The molecule has 0 fully saturated rings. The van der Waals surface area contributed by atoms with Gasteiger partial charge in [0.2, 0.25) is 0 Å². The third-order valence-corrected chi connectivity index (χ3v) is 10.6. The van der Waals surface area contributed by atoms with Gasteiger partial charge >= 0.3 is 0 Å². The maximum absolute atomic E-state index is 12.9. The minimum absolute atomic E-state index is 0.0465. The van der Waals surface area contributed by atoms with Gasteiger partial charge in [-0.3, -0.25) is 9.14 Å². The highest BCUT2D eigenvalue weighted by Gasteiger charge is 2.41. The molecule has 0 aliphatic heterocycles. The molecule has 0 aliphatic carbocycles. The standard InChI is InChI=1S/C23H34N4OSi/c1-22(2,3)20-17-19(27(26-20)29(7,8)23(4,5)6)21(28)25-24-16-12-15-18-13-10-9-11-14-18/h9-17H,1-8H3,(H,25,28)/b15-12+,24-16+. The van der Waals surface area contributed by atoms with Crippen LogP contribution in [0.2, 0.25) is 18.1 Å². The van der Waals surface area contributed by atoms with Gasteiger partial charge in [-0.05, 0) is 35.8 Å². The number of hydrogen-bond acceptors (Lipinski definition) is 3. The van der Waals surface area contributed by atoms with E-state index < -0.39 is 8.24 Å². The molecular formula is C23H34N4OSi. The van der Waals surface area contributed by atoms with E-state index in [9.17, 15) is 4.79 Å². The maximum atomic E-state index is 12.9. The van der Waals surface area contributed by atoms with Gasteiger partial charge in [0, 0.05) is 11.6 Å². The molecule has 0 bridgehead atoms. The number of rotatable bonds is 5. The molecule has 0 unspecified atom stereocenters. The maximum Gasteiger partial charge on any atom is 0.288 e. The van der Waals surface area contributed by atoms with Crippen molar-refractivity contribution >= 4 is 26.4 Å². The molecular weight excluding hydrogens is 376 g/mol. The first-order chi connectivity index (χ1) is 13.3. The Morgan fingerprint density at radius 2 is 1.72 bits per heavy atom. The third-order valence-electron chi connectivity index (χ3n) is 5.49. The second-order valence-electron chi connectivity index (χ2n) is 9.87. The lowest BCUT2D eigenvalue weighted by Crippen LogP contribution is -2.48. The van der Waals surface area contributed by atoms with E-state index in [1.54, 1.807) is 12.3 Å². The van der Waals surface area contributed by atoms with Gasteiger partial charge in [-0.25, -0.2) is 5.43 Å². The summed E-state index contributed by atoms with van der Waals surface area (Å²) < 4.78 is 1.98. The van der Waals surface area contributed by atoms with Crippen LogP contribution in [0.4, 0.5) is 0 Å². The lowest BCUT2D eigenvalue weighted by Gasteiger charge is -2.37. The summed E-state index contributed by atoms with van der Waals surface area (Å²) in [4.78, 5) is 12.9. The first-order valence-electron chi connectivity index (χ1n) is 10.0. The molecule has 0 saturated carbocycles. The zero-order chi connectivity index (χ0) is 21.9. The van der Waals surface area contributed by atoms with Gasteiger partial charge in [0.1, 0.15) is 5.69 Å². The van der Waals surface area contributed by atoms with Gasteiger partial charge in [-0.15, -0.1) is 0 Å². The number of nitrogens with one attached hydrogen (secondary N) is 1. The smallest absolute Gasteiger partial charge is 0.288 e. The van der Waals surface area contributed by atoms with Gasteiger partial charge in [0.05, 0.1) is 5.69 Å². The van der Waals surface area contributed by atoms with Crippen molar-refractivity contribution in [2.24, 2.45) is 5.10 Å². The van der Waals surface area contributed by atoms with Gasteiger partial charge in [0.15, 0.2) is 8.24 Å². The lowest BCUT2D eigenvalue weighted by atomic mass is 9.92. The summed E-state index contributed by atoms with van der Waals surface area (Å²) in [5.74, 6) is -0.234. The minimum Gasteiger partial charge on any atom is -0.289 e. The van der Waals surface area contributed by atoms with Crippen molar-refractivity contribution in [1.29, 1.82) is 0 Å². The van der Waals surface area contributed by atoms with Crippen LogP contribution in [-0.2, 0) is 5.41 Å². The Labute approximate surface area is 176 Å². The van der Waals surface area contributed by atoms with Crippen LogP contribution in [0.5, 0.6) is 0 Å². The molecule has 1 amide bonds. The predicted molar refractivity (Wildman–Crippen MR) is 125 cm³/mol. The molecule has 0 radical (unpaired) electrons. The Hall–Kier alpha value is -2.47. The topological polar surface area (TPSA) is 59.3 Å². The fourth-order valence-corrected chi connectivity index (χ4v) is 4.33. The fraction of sp³-hybridized carbons (Fsp3) is 0.435. The van der Waals surface area contributed by atoms with Crippen molar-refractivity contribution in [3.8, 4) is 0 Å². The van der Waals surface area contributed by atoms with Crippen LogP contribution in [0.3, 0.4) is 0 Å². The van der Waals surface area contributed by atoms with E-state index in [1.807, 2.05) is 46.8 Å². The Balaban J connectivity index is 2.25. The number of carbonyl (C=O) groups excluding carboxylic acids is 1. The Bertz CT molecular complexity index is 897. The SMILES string of the molecule is CC(C)(C)c1cc(C(=O)N/N=C/C=C/c2ccccc2)n([Si](C)(C)C(C)(C)C)n1. The van der Waals surface area contributed by atoms with Crippen molar-refractivity contribution in [3.63, 3.8) is 0 Å². The zero-order valence-electron chi connectivity index (χ0n) is 18.9. The summed E-state index contributed by atoms with van der Waals surface area (Å²) in [6.07, 6.45) is 5.33. The summed E-state index contributed by atoms with van der Waals surface area (Å²) in [5.41, 5.74) is 5.09. The van der Waals surface area contributed by atoms with E-state index in [1.165, 1.54) is 0 Å². The second-order valence-corrected chi connectivity index (χ2v) is 14.9. The van der Waals surface area contributed by atoms with Crippen molar-refractivity contribution in [2.45, 2.75) is 65.1 Å². The first-order valence-corrected chi connectivity index (χ1v) is 12.9. The number of carbonyl (C=O) groups is 1. The summed E-state index contributed by atoms with van der Waals surface area (Å²) in [6.45, 7) is 17.5. The molecule has 2 rings (SSSR count). The number of hydrazone groups is 1. The highest BCUT2D eigenvalue weighted by molar-refractivity contribution is 6.78. The third kappa shape index (κ3) is 5.53. The van der Waals surface area contributed by atoms with E-state index in [-0.39, 0.29) is 16.4 Å². The number of allylic oxidation sites excluding steroid dienone is 1. The summed E-state index contributed by atoms with van der Waals surface area (Å²) in [6, 6.07) is 11.9. The zero-order valence-corrected chi connectivity index (χ0v) is 19.9. The largest absolute Gasteiger partial charge is 0.289 e. The van der Waals surface area contributed by atoms with Gasteiger partial charge in [-0.2, -0.15) is 10.2 Å². The summed E-state index contributed by atoms with van der Waals surface area (Å²) >= 11 is 0. The number of amides is 1. The van der Waals surface area contributed by atoms with E-state index >= 15 is 0 Å². The van der Waals surface area contributed by atoms with E-state index in [2.05, 4.69) is 65.2 Å². The minimum atomic E-state index is -2.07. The average Bonchev–Trinajstić information content (AvgIpc) is 3.08. The molecule has 0 saturated heterocycles. The van der Waals surface area contributed by atoms with Gasteiger partial charge in [0.25, 0.3) is 5.91 Å². The van der Waals surface area contributed by atoms with Crippen LogP contribution in [0.15, 0.2) is 47.6 Å². The predicted octanol–water partition coefficient (Wildman–Crippen LogP) is 5.46. The molecule has 0 atom stereocenters. The quantitative estimate of drug-likeness (QED) is 0.404. The summed E-state index contributed by atoms with van der Waals surface area (Å²) in [7, 11) is -2.07. The molecule has 1 heterocycles. The number of nitrogens with zero attached hydrogens (tertiary/aromatic N) is 3. The molecule has 1 aromatic heterocycles. The number of benzene rings is 1. The van der Waals surface area contributed by atoms with E-state index in [4.69, 9.17) is 5.10 Å². The highest BCUT2D eigenvalue weighted by atomic mass is 28.3. The summed E-state index contributed by atoms with van der Waals surface area (Å²) in [5, 5.41) is 9.01. The molecule has 2 aromatic rings. The van der Waals surface area contributed by atoms with Crippen molar-refractivity contribution in [2.75, 3.05) is 0 Å². The van der Waals surface area contributed by atoms with Crippen LogP contribution in [0.25, 0.3) is 6.08 Å². The molecule has 156 valence electrons. The Morgan fingerprint density at radius 3 is 2.28 bits per heavy atom. The van der Waals surface area contributed by atoms with Gasteiger partial charge < -0.3 is 0 Å². The number of aromatic nitrogens is 2. The molecule has 0 spiro atoms. The van der Waals surface area contributed by atoms with Crippen molar-refractivity contribution < 1.29 is 4.79 Å². The van der Waals surface area contributed by atoms with Crippen molar-refractivity contribution in [3.05, 3.63) is 59.4 Å². The average molecular weight is 411 g/mol. The molecule has 1 aromatic carbocycles. The molecule has 1 N–H and O–H groups in total.